The zero-order chi connectivity index (χ0) is 13.1. The third-order valence-corrected chi connectivity index (χ3v) is 2.54. The van der Waals surface area contributed by atoms with Gasteiger partial charge in [0.1, 0.15) is 17.2 Å². The minimum atomic E-state index is -0.457. The van der Waals surface area contributed by atoms with Gasteiger partial charge in [-0.15, -0.1) is 0 Å². The van der Waals surface area contributed by atoms with Crippen molar-refractivity contribution in [3.8, 4) is 17.2 Å². The third-order valence-electron chi connectivity index (χ3n) is 2.54. The van der Waals surface area contributed by atoms with Crippen molar-refractivity contribution in [3.63, 3.8) is 0 Å². The minimum absolute atomic E-state index is 0.109. The molecular formula is C14H11O4. The lowest BCUT2D eigenvalue weighted by Crippen LogP contribution is -2.02. The summed E-state index contributed by atoms with van der Waals surface area (Å²) in [5.41, 5.74) is 0.228. The van der Waals surface area contributed by atoms with Crippen molar-refractivity contribution < 1.29 is 19.7 Å². The van der Waals surface area contributed by atoms with E-state index in [1.807, 2.05) is 0 Å². The number of hydrogen-bond donors (Lipinski definition) is 2. The molecule has 0 fully saturated rings. The second-order valence-electron chi connectivity index (χ2n) is 3.66. The monoisotopic (exact) mass is 243 g/mol. The van der Waals surface area contributed by atoms with Gasteiger partial charge in [0.15, 0.2) is 5.78 Å². The van der Waals surface area contributed by atoms with Crippen LogP contribution in [-0.4, -0.2) is 23.1 Å². The van der Waals surface area contributed by atoms with Crippen molar-refractivity contribution in [1.82, 2.24) is 0 Å². The Hall–Kier alpha value is -2.49. The van der Waals surface area contributed by atoms with E-state index in [4.69, 9.17) is 4.74 Å². The third kappa shape index (κ3) is 2.13. The summed E-state index contributed by atoms with van der Waals surface area (Å²) in [7, 11) is 1.47. The van der Waals surface area contributed by atoms with Crippen LogP contribution in [0.3, 0.4) is 0 Å². The normalized spacial score (nSPS) is 10.1. The van der Waals surface area contributed by atoms with Crippen LogP contribution in [0.15, 0.2) is 36.4 Å². The molecule has 2 N–H and O–H groups in total. The predicted octanol–water partition coefficient (Wildman–Crippen LogP) is 2.14. The zero-order valence-corrected chi connectivity index (χ0v) is 9.68. The Morgan fingerprint density at radius 2 is 1.89 bits per heavy atom. The number of carbonyl (C=O) groups is 1. The predicted molar refractivity (Wildman–Crippen MR) is 65.0 cm³/mol. The molecule has 0 bridgehead atoms. The summed E-state index contributed by atoms with van der Waals surface area (Å²) in [4.78, 5) is 12.1. The first kappa shape index (κ1) is 12.0. The molecule has 2 rings (SSSR count). The van der Waals surface area contributed by atoms with E-state index in [9.17, 15) is 15.0 Å². The number of phenols is 2. The number of ketones is 1. The van der Waals surface area contributed by atoms with Crippen molar-refractivity contribution in [2.45, 2.75) is 0 Å². The fraction of sp³-hybridized carbons (Fsp3) is 0.0714. The van der Waals surface area contributed by atoms with E-state index in [0.717, 1.165) is 0 Å². The van der Waals surface area contributed by atoms with E-state index in [1.54, 1.807) is 6.07 Å². The Balaban J connectivity index is 2.44. The summed E-state index contributed by atoms with van der Waals surface area (Å²) in [5, 5.41) is 19.3. The SMILES string of the molecule is COc1ccc(C(=O)c2cc[c]cc2O)c(O)c1. The Labute approximate surface area is 104 Å². The van der Waals surface area contributed by atoms with Crippen molar-refractivity contribution in [3.05, 3.63) is 53.6 Å². The Morgan fingerprint density at radius 3 is 2.50 bits per heavy atom. The lowest BCUT2D eigenvalue weighted by molar-refractivity contribution is 0.103. The second-order valence-corrected chi connectivity index (χ2v) is 3.66. The standard InChI is InChI=1S/C14H11O4/c1-18-9-6-7-11(13(16)8-9)14(17)10-4-2-3-5-12(10)15/h2,4-8,15-16H,1H3. The smallest absolute Gasteiger partial charge is 0.200 e. The maximum Gasteiger partial charge on any atom is 0.200 e. The molecule has 0 atom stereocenters. The van der Waals surface area contributed by atoms with Gasteiger partial charge in [0, 0.05) is 6.07 Å². The van der Waals surface area contributed by atoms with Crippen molar-refractivity contribution in [1.29, 1.82) is 0 Å². The van der Waals surface area contributed by atoms with Crippen molar-refractivity contribution in [2.24, 2.45) is 0 Å². The van der Waals surface area contributed by atoms with Gasteiger partial charge in [0.2, 0.25) is 0 Å². The molecule has 2 aromatic rings. The average molecular weight is 243 g/mol. The molecule has 0 saturated carbocycles. The van der Waals surface area contributed by atoms with Crippen LogP contribution in [0.2, 0.25) is 0 Å². The number of hydrogen-bond acceptors (Lipinski definition) is 4. The number of carbonyl (C=O) groups excluding carboxylic acids is 1. The molecule has 0 aliphatic heterocycles. The molecule has 0 heterocycles. The van der Waals surface area contributed by atoms with Crippen LogP contribution in [0.5, 0.6) is 17.2 Å². The van der Waals surface area contributed by atoms with Gasteiger partial charge in [-0.1, -0.05) is 6.07 Å². The van der Waals surface area contributed by atoms with Gasteiger partial charge in [-0.05, 0) is 30.3 Å². The van der Waals surface area contributed by atoms with Crippen molar-refractivity contribution >= 4 is 5.78 Å². The maximum atomic E-state index is 12.1. The van der Waals surface area contributed by atoms with Crippen LogP contribution in [0.1, 0.15) is 15.9 Å². The highest BCUT2D eigenvalue weighted by molar-refractivity contribution is 6.12. The molecule has 0 aliphatic rings. The second kappa shape index (κ2) is 4.79. The summed E-state index contributed by atoms with van der Waals surface area (Å²) in [6.45, 7) is 0. The summed E-state index contributed by atoms with van der Waals surface area (Å²) in [6.07, 6.45) is 0. The quantitative estimate of drug-likeness (QED) is 0.810. The first-order valence-electron chi connectivity index (χ1n) is 5.24. The van der Waals surface area contributed by atoms with Gasteiger partial charge in [0.05, 0.1) is 18.2 Å². The van der Waals surface area contributed by atoms with Gasteiger partial charge in [0.25, 0.3) is 0 Å². The molecule has 4 nitrogen and oxygen atoms in total. The van der Waals surface area contributed by atoms with E-state index in [2.05, 4.69) is 6.07 Å². The zero-order valence-electron chi connectivity index (χ0n) is 9.68. The highest BCUT2D eigenvalue weighted by Gasteiger charge is 2.16. The molecule has 0 saturated heterocycles. The van der Waals surface area contributed by atoms with Crippen LogP contribution < -0.4 is 4.74 Å². The molecule has 0 unspecified atom stereocenters. The van der Waals surface area contributed by atoms with E-state index >= 15 is 0 Å². The lowest BCUT2D eigenvalue weighted by atomic mass is 10.0. The molecule has 0 aliphatic carbocycles. The van der Waals surface area contributed by atoms with E-state index < -0.39 is 5.78 Å². The number of benzene rings is 2. The molecule has 0 aromatic heterocycles. The van der Waals surface area contributed by atoms with Crippen LogP contribution in [0.25, 0.3) is 0 Å². The molecule has 0 spiro atoms. The van der Waals surface area contributed by atoms with E-state index in [1.165, 1.54) is 37.4 Å². The summed E-state index contributed by atoms with van der Waals surface area (Å²) < 4.78 is 4.93. The van der Waals surface area contributed by atoms with E-state index in [-0.39, 0.29) is 22.6 Å². The molecule has 4 heteroatoms. The summed E-state index contributed by atoms with van der Waals surface area (Å²) in [5.74, 6) is -0.361. The van der Waals surface area contributed by atoms with E-state index in [0.29, 0.717) is 5.75 Å². The van der Waals surface area contributed by atoms with Crippen molar-refractivity contribution in [2.75, 3.05) is 7.11 Å². The Kier molecular flexibility index (Phi) is 3.19. The molecular weight excluding hydrogens is 232 g/mol. The van der Waals surface area contributed by atoms with Gasteiger partial charge in [-0.25, -0.2) is 0 Å². The van der Waals surface area contributed by atoms with Gasteiger partial charge < -0.3 is 14.9 Å². The van der Waals surface area contributed by atoms with Crippen LogP contribution in [-0.2, 0) is 0 Å². The largest absolute Gasteiger partial charge is 0.507 e. The number of rotatable bonds is 3. The fourth-order valence-corrected chi connectivity index (χ4v) is 1.59. The Bertz CT molecular complexity index is 590. The highest BCUT2D eigenvalue weighted by atomic mass is 16.5. The van der Waals surface area contributed by atoms with Gasteiger partial charge in [-0.3, -0.25) is 4.79 Å². The Morgan fingerprint density at radius 1 is 1.17 bits per heavy atom. The molecule has 1 radical (unpaired) electrons. The fourth-order valence-electron chi connectivity index (χ4n) is 1.59. The molecule has 91 valence electrons. The number of ether oxygens (including phenoxy) is 1. The van der Waals surface area contributed by atoms with Gasteiger partial charge >= 0.3 is 0 Å². The minimum Gasteiger partial charge on any atom is -0.507 e. The molecule has 18 heavy (non-hydrogen) atoms. The molecule has 0 amide bonds. The van der Waals surface area contributed by atoms with Crippen LogP contribution in [0, 0.1) is 6.07 Å². The maximum absolute atomic E-state index is 12.1. The number of aromatic hydroxyl groups is 2. The molecule has 2 aromatic carbocycles. The van der Waals surface area contributed by atoms with Gasteiger partial charge in [-0.2, -0.15) is 0 Å². The first-order chi connectivity index (χ1) is 8.63. The average Bonchev–Trinajstić information content (AvgIpc) is 2.38. The number of phenolic OH excluding ortho intramolecular Hbond substituents is 2. The summed E-state index contributed by atoms with van der Waals surface area (Å²) >= 11 is 0. The van der Waals surface area contributed by atoms with Crippen LogP contribution in [0.4, 0.5) is 0 Å². The topological polar surface area (TPSA) is 66.8 Å². The first-order valence-corrected chi connectivity index (χ1v) is 5.24. The highest BCUT2D eigenvalue weighted by Crippen LogP contribution is 2.28. The lowest BCUT2D eigenvalue weighted by Gasteiger charge is -2.07. The number of methoxy groups -OCH3 is 1. The summed E-state index contributed by atoms with van der Waals surface area (Å²) in [6, 6.07) is 11.3. The van der Waals surface area contributed by atoms with Crippen LogP contribution >= 0.6 is 0 Å².